The van der Waals surface area contributed by atoms with Crippen LogP contribution in [-0.4, -0.2) is 37.9 Å². The first-order valence-electron chi connectivity index (χ1n) is 13.8. The number of amides is 2. The van der Waals surface area contributed by atoms with Crippen LogP contribution in [0.15, 0.2) is 88.4 Å². The molecule has 226 valence electrons. The van der Waals surface area contributed by atoms with Gasteiger partial charge in [0, 0.05) is 29.3 Å². The molecule has 0 saturated carbocycles. The highest BCUT2D eigenvalue weighted by molar-refractivity contribution is 7.07. The fourth-order valence-electron chi connectivity index (χ4n) is 4.58. The molecule has 0 N–H and O–H groups in total. The van der Waals surface area contributed by atoms with Crippen LogP contribution in [0.2, 0.25) is 0 Å². The van der Waals surface area contributed by atoms with E-state index in [-0.39, 0.29) is 5.75 Å². The number of aliphatic imine (C=N–C) groups is 1. The molecule has 0 aliphatic rings. The van der Waals surface area contributed by atoms with Crippen molar-refractivity contribution in [2.24, 2.45) is 9.98 Å². The lowest BCUT2D eigenvalue weighted by atomic mass is 10.1. The summed E-state index contributed by atoms with van der Waals surface area (Å²) < 4.78 is 44.6. The fourth-order valence-corrected chi connectivity index (χ4v) is 5.44. The Bertz CT molecular complexity index is 1850. The van der Waals surface area contributed by atoms with Crippen molar-refractivity contribution < 1.29 is 22.7 Å². The third kappa shape index (κ3) is 7.56. The monoisotopic (exact) mass is 618 g/mol. The molecule has 2 heterocycles. The summed E-state index contributed by atoms with van der Waals surface area (Å²) >= 11 is 1.41. The van der Waals surface area contributed by atoms with E-state index in [9.17, 15) is 18.0 Å². The van der Waals surface area contributed by atoms with Crippen molar-refractivity contribution in [3.05, 3.63) is 106 Å². The third-order valence-corrected chi connectivity index (χ3v) is 7.58. The zero-order chi connectivity index (χ0) is 31.3. The number of alkyl halides is 3. The van der Waals surface area contributed by atoms with E-state index < -0.39 is 12.4 Å². The number of urea groups is 1. The molecule has 0 aliphatic carbocycles. The van der Waals surface area contributed by atoms with Gasteiger partial charge in [-0.3, -0.25) is 4.57 Å². The molecule has 0 unspecified atom stereocenters. The smallest absolute Gasteiger partial charge is 0.406 e. The van der Waals surface area contributed by atoms with Crippen LogP contribution < -0.4 is 9.54 Å². The molecule has 44 heavy (non-hydrogen) atoms. The number of ether oxygens (including phenoxy) is 1. The highest BCUT2D eigenvalue weighted by Crippen LogP contribution is 2.24. The molecule has 12 heteroatoms. The number of hydrogen-bond donors (Lipinski definition) is 0. The molecule has 0 fully saturated rings. The number of hydrogen-bond acceptors (Lipinski definition) is 5. The molecule has 0 spiro atoms. The molecule has 0 aliphatic heterocycles. The Morgan fingerprint density at radius 2 is 1.80 bits per heavy atom. The molecular formula is C32H29F3N6O2S. The number of carbonyl (C=O) groups excluding carboxylic acids is 1. The summed E-state index contributed by atoms with van der Waals surface area (Å²) in [6.45, 7) is 6.19. The van der Waals surface area contributed by atoms with E-state index in [1.807, 2.05) is 48.1 Å². The fraction of sp³-hybridized carbons (Fsp3) is 0.219. The van der Waals surface area contributed by atoms with Gasteiger partial charge in [0.2, 0.25) is 0 Å². The molecule has 2 amide bonds. The van der Waals surface area contributed by atoms with E-state index in [1.54, 1.807) is 6.21 Å². The van der Waals surface area contributed by atoms with Crippen molar-refractivity contribution in [2.45, 2.75) is 46.4 Å². The average molecular weight is 619 g/mol. The predicted octanol–water partition coefficient (Wildman–Crippen LogP) is 7.59. The summed E-state index contributed by atoms with van der Waals surface area (Å²) in [5.41, 5.74) is 6.59. The molecule has 8 nitrogen and oxygen atoms in total. The number of halogens is 3. The van der Waals surface area contributed by atoms with Crippen LogP contribution >= 0.6 is 11.3 Å². The minimum atomic E-state index is -4.75. The second-order valence-electron chi connectivity index (χ2n) is 10.0. The number of aryl methyl sites for hydroxylation is 3. The van der Waals surface area contributed by atoms with Gasteiger partial charge in [0.25, 0.3) is 0 Å². The summed E-state index contributed by atoms with van der Waals surface area (Å²) in [7, 11) is 0. The maximum absolute atomic E-state index is 12.7. The van der Waals surface area contributed by atoms with E-state index in [0.717, 1.165) is 40.9 Å². The number of benzene rings is 3. The van der Waals surface area contributed by atoms with Crippen molar-refractivity contribution in [1.82, 2.24) is 19.3 Å². The van der Waals surface area contributed by atoms with Crippen molar-refractivity contribution in [3.63, 3.8) is 0 Å². The highest BCUT2D eigenvalue weighted by Gasteiger charge is 2.31. The number of aromatic nitrogens is 4. The zero-order valence-electron chi connectivity index (χ0n) is 24.2. The number of carbonyl (C=O) groups is 1. The normalized spacial score (nSPS) is 12.3. The molecule has 0 atom stereocenters. The van der Waals surface area contributed by atoms with Crippen LogP contribution in [0.4, 0.5) is 18.0 Å². The Labute approximate surface area is 255 Å². The molecule has 0 radical (unpaired) electrons. The standard InChI is InChI=1S/C32H29F3N6O2S/c1-4-5-24-9-6-21(2)18-28(24)41-22(3)19-44-31(41)38-30(42)36-17-16-23-7-10-25(11-8-23)29-37-20-40(39-29)26-12-14-27(15-13-26)43-32(33,34)35/h6-15,17-20H,4-5,16H2,1-3H3. The molecule has 0 saturated heterocycles. The largest absolute Gasteiger partial charge is 0.573 e. The van der Waals surface area contributed by atoms with Crippen molar-refractivity contribution >= 4 is 23.6 Å². The van der Waals surface area contributed by atoms with Crippen LogP contribution in [-0.2, 0) is 12.8 Å². The molecule has 5 aromatic rings. The maximum atomic E-state index is 12.7. The van der Waals surface area contributed by atoms with E-state index in [0.29, 0.717) is 22.7 Å². The third-order valence-electron chi connectivity index (χ3n) is 6.64. The maximum Gasteiger partial charge on any atom is 0.573 e. The topological polar surface area (TPSA) is 86.7 Å². The minimum absolute atomic E-state index is 0.315. The lowest BCUT2D eigenvalue weighted by Gasteiger charge is -2.13. The van der Waals surface area contributed by atoms with Gasteiger partial charge >= 0.3 is 12.4 Å². The van der Waals surface area contributed by atoms with Crippen LogP contribution in [0.5, 0.6) is 5.75 Å². The van der Waals surface area contributed by atoms with Gasteiger partial charge in [0.05, 0.1) is 11.4 Å². The van der Waals surface area contributed by atoms with E-state index >= 15 is 0 Å². The minimum Gasteiger partial charge on any atom is -0.406 e. The Kier molecular flexibility index (Phi) is 9.19. The summed E-state index contributed by atoms with van der Waals surface area (Å²) in [6.07, 6.45) is 0.637. The molecule has 3 aromatic carbocycles. The Balaban J connectivity index is 1.24. The molecule has 0 bridgehead atoms. The molecular weight excluding hydrogens is 589 g/mol. The number of nitrogens with zero attached hydrogens (tertiary/aromatic N) is 6. The second-order valence-corrected chi connectivity index (χ2v) is 10.9. The first kappa shape index (κ1) is 30.6. The summed E-state index contributed by atoms with van der Waals surface area (Å²) in [5.74, 6) is 0.134. The summed E-state index contributed by atoms with van der Waals surface area (Å²) in [4.78, 5) is 25.9. The van der Waals surface area contributed by atoms with E-state index in [2.05, 4.69) is 49.9 Å². The van der Waals surface area contributed by atoms with Gasteiger partial charge in [-0.15, -0.1) is 29.6 Å². The first-order chi connectivity index (χ1) is 21.1. The Morgan fingerprint density at radius 3 is 2.50 bits per heavy atom. The van der Waals surface area contributed by atoms with Gasteiger partial charge in [0.15, 0.2) is 10.6 Å². The van der Waals surface area contributed by atoms with Gasteiger partial charge in [0.1, 0.15) is 12.1 Å². The average Bonchev–Trinajstić information content (AvgIpc) is 3.61. The van der Waals surface area contributed by atoms with Crippen molar-refractivity contribution in [2.75, 3.05) is 0 Å². The highest BCUT2D eigenvalue weighted by atomic mass is 32.1. The van der Waals surface area contributed by atoms with Crippen LogP contribution in [0, 0.1) is 13.8 Å². The molecule has 2 aromatic heterocycles. The van der Waals surface area contributed by atoms with E-state index in [1.165, 1.54) is 52.2 Å². The molecule has 5 rings (SSSR count). The zero-order valence-corrected chi connectivity index (χ0v) is 25.1. The first-order valence-corrected chi connectivity index (χ1v) is 14.7. The predicted molar refractivity (Wildman–Crippen MR) is 164 cm³/mol. The Hall–Kier alpha value is -4.84. The Morgan fingerprint density at radius 1 is 1.05 bits per heavy atom. The number of thiazole rings is 1. The van der Waals surface area contributed by atoms with Crippen LogP contribution in [0.1, 0.15) is 35.7 Å². The van der Waals surface area contributed by atoms with Gasteiger partial charge in [-0.25, -0.2) is 19.5 Å². The van der Waals surface area contributed by atoms with Gasteiger partial charge in [-0.1, -0.05) is 49.7 Å². The lowest BCUT2D eigenvalue weighted by molar-refractivity contribution is -0.274. The number of rotatable bonds is 8. The quantitative estimate of drug-likeness (QED) is 0.168. The van der Waals surface area contributed by atoms with Crippen molar-refractivity contribution in [1.29, 1.82) is 0 Å². The van der Waals surface area contributed by atoms with E-state index in [4.69, 9.17) is 0 Å². The SMILES string of the molecule is CCCc1ccc(C)cc1-n1c(C)csc1=NC(=O)N=CCc1ccc(-c2ncn(-c3ccc(OC(F)(F)F)cc3)n2)cc1. The van der Waals surface area contributed by atoms with Gasteiger partial charge < -0.3 is 4.74 Å². The van der Waals surface area contributed by atoms with Gasteiger partial charge in [-0.05, 0) is 67.3 Å². The van der Waals surface area contributed by atoms with Crippen LogP contribution in [0.3, 0.4) is 0 Å². The summed E-state index contributed by atoms with van der Waals surface area (Å²) in [6, 6.07) is 18.6. The van der Waals surface area contributed by atoms with Crippen molar-refractivity contribution in [3.8, 4) is 28.5 Å². The second kappa shape index (κ2) is 13.2. The lowest BCUT2D eigenvalue weighted by Crippen LogP contribution is -2.17. The van der Waals surface area contributed by atoms with Gasteiger partial charge in [-0.2, -0.15) is 4.99 Å². The van der Waals surface area contributed by atoms with Crippen LogP contribution in [0.25, 0.3) is 22.8 Å². The summed E-state index contributed by atoms with van der Waals surface area (Å²) in [5, 5.41) is 6.40.